The molecule has 1 amide bonds. The molecule has 1 unspecified atom stereocenters. The summed E-state index contributed by atoms with van der Waals surface area (Å²) in [5, 5.41) is 3.23. The van der Waals surface area contributed by atoms with Crippen LogP contribution in [0.3, 0.4) is 0 Å². The van der Waals surface area contributed by atoms with Crippen molar-refractivity contribution in [3.63, 3.8) is 0 Å². The number of ether oxygens (including phenoxy) is 1. The zero-order chi connectivity index (χ0) is 20.6. The monoisotopic (exact) mass is 437 g/mol. The van der Waals surface area contributed by atoms with Crippen LogP contribution in [-0.4, -0.2) is 16.6 Å². The third kappa shape index (κ3) is 7.23. The van der Waals surface area contributed by atoms with Gasteiger partial charge in [-0.2, -0.15) is 0 Å². The van der Waals surface area contributed by atoms with Crippen LogP contribution in [0.25, 0.3) is 0 Å². The largest absolute Gasteiger partial charge is 0.445 e. The molecule has 7 heteroatoms. The maximum absolute atomic E-state index is 14.0. The van der Waals surface area contributed by atoms with Crippen LogP contribution in [0.2, 0.25) is 0 Å². The summed E-state index contributed by atoms with van der Waals surface area (Å²) in [5.74, 6) is -0.614. The van der Waals surface area contributed by atoms with E-state index in [1.807, 2.05) is 88.4 Å². The highest BCUT2D eigenvalue weighted by molar-refractivity contribution is 8.90. The molecule has 1 atom stereocenters. The number of nitrogens with one attached hydrogen (secondary N) is 1. The summed E-state index contributed by atoms with van der Waals surface area (Å²) in [5.41, 5.74) is -1.16. The minimum Gasteiger partial charge on any atom is -0.445 e. The average Bonchev–Trinajstić information content (AvgIpc) is 2.64. The van der Waals surface area contributed by atoms with Crippen molar-refractivity contribution in [1.29, 1.82) is 0 Å². The first-order chi connectivity index (χ1) is 13.3. The first kappa shape index (κ1) is 22.9. The van der Waals surface area contributed by atoms with Gasteiger partial charge in [-0.3, -0.25) is 4.57 Å². The van der Waals surface area contributed by atoms with Crippen molar-refractivity contribution >= 4 is 34.4 Å². The molecule has 152 valence electrons. The van der Waals surface area contributed by atoms with Gasteiger partial charge in [0.2, 0.25) is 5.55 Å². The SMILES string of the molecule is CC(C)SP(=O)(SC(C)C)C(NC(=O)OCc1ccccc1)c1ccccc1. The van der Waals surface area contributed by atoms with E-state index in [0.717, 1.165) is 11.1 Å². The molecule has 0 aromatic heterocycles. The minimum absolute atomic E-state index is 0.172. The minimum atomic E-state index is -2.89. The van der Waals surface area contributed by atoms with Gasteiger partial charge < -0.3 is 10.1 Å². The second-order valence-electron chi connectivity index (χ2n) is 6.87. The molecule has 2 aromatic carbocycles. The van der Waals surface area contributed by atoms with E-state index in [4.69, 9.17) is 4.74 Å². The molecule has 0 spiro atoms. The van der Waals surface area contributed by atoms with E-state index in [9.17, 15) is 9.36 Å². The maximum Gasteiger partial charge on any atom is 0.408 e. The molecular formula is C21H28NO3PS2. The van der Waals surface area contributed by atoms with Gasteiger partial charge in [-0.15, -0.1) is 0 Å². The van der Waals surface area contributed by atoms with Crippen LogP contribution in [0.5, 0.6) is 0 Å². The molecule has 28 heavy (non-hydrogen) atoms. The average molecular weight is 438 g/mol. The number of carbonyl (C=O) groups is 1. The van der Waals surface area contributed by atoms with Gasteiger partial charge in [-0.05, 0) is 11.1 Å². The van der Waals surface area contributed by atoms with Crippen molar-refractivity contribution in [3.8, 4) is 0 Å². The number of alkyl carbamates (subject to hydrolysis) is 1. The Morgan fingerprint density at radius 1 is 0.929 bits per heavy atom. The lowest BCUT2D eigenvalue weighted by Gasteiger charge is -2.30. The van der Waals surface area contributed by atoms with Crippen LogP contribution in [0.1, 0.15) is 44.6 Å². The van der Waals surface area contributed by atoms with E-state index in [2.05, 4.69) is 5.32 Å². The van der Waals surface area contributed by atoms with Gasteiger partial charge in [0, 0.05) is 10.5 Å². The Labute approximate surface area is 176 Å². The molecule has 0 aliphatic rings. The number of hydrogen-bond donors (Lipinski definition) is 1. The second kappa shape index (κ2) is 11.0. The zero-order valence-corrected chi connectivity index (χ0v) is 19.2. The predicted molar refractivity (Wildman–Crippen MR) is 122 cm³/mol. The summed E-state index contributed by atoms with van der Waals surface area (Å²) in [6, 6.07) is 19.0. The Morgan fingerprint density at radius 3 is 1.93 bits per heavy atom. The fourth-order valence-electron chi connectivity index (χ4n) is 2.59. The number of amides is 1. The van der Waals surface area contributed by atoms with Gasteiger partial charge in [0.25, 0.3) is 0 Å². The lowest BCUT2D eigenvalue weighted by atomic mass is 10.2. The van der Waals surface area contributed by atoms with E-state index in [-0.39, 0.29) is 17.1 Å². The lowest BCUT2D eigenvalue weighted by Crippen LogP contribution is -2.28. The van der Waals surface area contributed by atoms with E-state index in [1.54, 1.807) is 0 Å². The third-order valence-corrected chi connectivity index (χ3v) is 13.2. The molecule has 0 heterocycles. The van der Waals surface area contributed by atoms with Gasteiger partial charge in [0.15, 0.2) is 0 Å². The molecule has 1 N–H and O–H groups in total. The first-order valence-electron chi connectivity index (χ1n) is 9.29. The highest BCUT2D eigenvalue weighted by Gasteiger charge is 2.39. The maximum atomic E-state index is 14.0. The van der Waals surface area contributed by atoms with Crippen LogP contribution in [0.15, 0.2) is 60.7 Å². The van der Waals surface area contributed by atoms with Crippen LogP contribution in [-0.2, 0) is 15.9 Å². The quantitative estimate of drug-likeness (QED) is 0.425. The van der Waals surface area contributed by atoms with Crippen LogP contribution in [0.4, 0.5) is 4.79 Å². The second-order valence-corrected chi connectivity index (χ2v) is 16.0. The summed E-state index contributed by atoms with van der Waals surface area (Å²) in [6.45, 7) is 8.26. The van der Waals surface area contributed by atoms with E-state index in [0.29, 0.717) is 0 Å². The molecular weight excluding hydrogens is 409 g/mol. The Bertz CT molecular complexity index is 771. The third-order valence-electron chi connectivity index (χ3n) is 3.61. The van der Waals surface area contributed by atoms with Gasteiger partial charge in [0.1, 0.15) is 12.4 Å². The molecule has 0 fully saturated rings. The lowest BCUT2D eigenvalue weighted by molar-refractivity contribution is 0.138. The van der Waals surface area contributed by atoms with E-state index in [1.165, 1.54) is 22.8 Å². The predicted octanol–water partition coefficient (Wildman–Crippen LogP) is 7.09. The van der Waals surface area contributed by atoms with E-state index >= 15 is 0 Å². The van der Waals surface area contributed by atoms with Crippen LogP contribution >= 0.6 is 28.3 Å². The van der Waals surface area contributed by atoms with Crippen molar-refractivity contribution in [2.45, 2.75) is 50.6 Å². The van der Waals surface area contributed by atoms with Crippen molar-refractivity contribution in [3.05, 3.63) is 71.8 Å². The zero-order valence-electron chi connectivity index (χ0n) is 16.7. The molecule has 0 aliphatic heterocycles. The van der Waals surface area contributed by atoms with Crippen LogP contribution in [0, 0.1) is 0 Å². The molecule has 0 saturated heterocycles. The fraction of sp³-hybridized carbons (Fsp3) is 0.381. The summed E-state index contributed by atoms with van der Waals surface area (Å²) in [4.78, 5) is 12.5. The summed E-state index contributed by atoms with van der Waals surface area (Å²) < 4.78 is 19.4. The topological polar surface area (TPSA) is 55.4 Å². The number of carbonyl (C=O) groups excluding carboxylic acids is 1. The van der Waals surface area contributed by atoms with Crippen LogP contribution < -0.4 is 5.32 Å². The Morgan fingerprint density at radius 2 is 1.43 bits per heavy atom. The highest BCUT2D eigenvalue weighted by atomic mass is 33.1. The normalized spacial score (nSPS) is 12.8. The molecule has 0 saturated carbocycles. The summed E-state index contributed by atoms with van der Waals surface area (Å²) >= 11 is 2.88. The molecule has 0 bridgehead atoms. The summed E-state index contributed by atoms with van der Waals surface area (Å²) in [7, 11) is 0. The van der Waals surface area contributed by atoms with Gasteiger partial charge >= 0.3 is 6.09 Å². The Balaban J connectivity index is 2.23. The van der Waals surface area contributed by atoms with Gasteiger partial charge in [-0.25, -0.2) is 4.79 Å². The van der Waals surface area contributed by atoms with E-state index < -0.39 is 17.4 Å². The van der Waals surface area contributed by atoms with Crippen molar-refractivity contribution < 1.29 is 14.1 Å². The van der Waals surface area contributed by atoms with Crippen molar-refractivity contribution in [1.82, 2.24) is 5.32 Å². The first-order valence-corrected chi connectivity index (χ1v) is 14.0. The fourth-order valence-corrected chi connectivity index (χ4v) is 13.9. The van der Waals surface area contributed by atoms with Crippen molar-refractivity contribution in [2.75, 3.05) is 0 Å². The molecule has 2 aromatic rings. The molecule has 2 rings (SSSR count). The van der Waals surface area contributed by atoms with Gasteiger partial charge in [0.05, 0.1) is 0 Å². The number of rotatable bonds is 9. The molecule has 0 radical (unpaired) electrons. The molecule has 4 nitrogen and oxygen atoms in total. The van der Waals surface area contributed by atoms with Crippen molar-refractivity contribution in [2.24, 2.45) is 0 Å². The molecule has 0 aliphatic carbocycles. The highest BCUT2D eigenvalue weighted by Crippen LogP contribution is 2.78. The number of hydrogen-bond acceptors (Lipinski definition) is 5. The van der Waals surface area contributed by atoms with Gasteiger partial charge in [-0.1, -0.05) is 111 Å². The standard InChI is InChI=1S/C21H28NO3PS2/c1-16(2)27-26(24,28-17(3)4)20(19-13-9-6-10-14-19)22-21(23)25-15-18-11-7-5-8-12-18/h5-14,16-17,20H,15H2,1-4H3,(H,22,23). The Kier molecular flexibility index (Phi) is 9.00. The summed E-state index contributed by atoms with van der Waals surface area (Å²) in [6.07, 6.45) is -0.563. The Hall–Kier alpha value is -1.36. The smallest absolute Gasteiger partial charge is 0.408 e. The number of benzene rings is 2.